The Labute approximate surface area is 124 Å². The van der Waals surface area contributed by atoms with Crippen molar-refractivity contribution in [3.8, 4) is 5.75 Å². The summed E-state index contributed by atoms with van der Waals surface area (Å²) in [5.74, 6) is 0.0676. The van der Waals surface area contributed by atoms with Gasteiger partial charge >= 0.3 is 5.97 Å². The Kier molecular flexibility index (Phi) is 4.83. The number of benzene rings is 1. The standard InChI is InChI=1S/C16H22FNO3/c1-11-10-13(6-7-14(11)17)21-9-8-16(2,15(19)20-3)18-12-4-5-12/h6-7,10,12,18H,4-5,8-9H2,1-3H3. The number of methoxy groups -OCH3 is 1. The molecule has 1 atom stereocenters. The highest BCUT2D eigenvalue weighted by Gasteiger charge is 2.39. The minimum Gasteiger partial charge on any atom is -0.493 e. The van der Waals surface area contributed by atoms with Crippen LogP contribution in [0.15, 0.2) is 18.2 Å². The molecule has 1 unspecified atom stereocenters. The number of hydrogen-bond donors (Lipinski definition) is 1. The van der Waals surface area contributed by atoms with E-state index >= 15 is 0 Å². The second kappa shape index (κ2) is 6.43. The molecule has 1 fully saturated rings. The van der Waals surface area contributed by atoms with E-state index in [4.69, 9.17) is 9.47 Å². The first-order chi connectivity index (χ1) is 9.94. The fourth-order valence-corrected chi connectivity index (χ4v) is 2.22. The Bertz CT molecular complexity index is 516. The van der Waals surface area contributed by atoms with Crippen molar-refractivity contribution in [2.75, 3.05) is 13.7 Å². The average Bonchev–Trinajstić information content (AvgIpc) is 3.25. The Balaban J connectivity index is 1.91. The van der Waals surface area contributed by atoms with E-state index in [1.54, 1.807) is 19.1 Å². The molecule has 2 rings (SSSR count). The van der Waals surface area contributed by atoms with Crippen molar-refractivity contribution in [1.29, 1.82) is 0 Å². The number of nitrogens with one attached hydrogen (secondary N) is 1. The maximum absolute atomic E-state index is 13.2. The van der Waals surface area contributed by atoms with E-state index in [1.165, 1.54) is 13.2 Å². The molecule has 0 spiro atoms. The number of aryl methyl sites for hydroxylation is 1. The summed E-state index contributed by atoms with van der Waals surface area (Å²) in [7, 11) is 1.39. The molecule has 1 aromatic carbocycles. The second-order valence-electron chi connectivity index (χ2n) is 5.75. The van der Waals surface area contributed by atoms with Crippen LogP contribution in [0, 0.1) is 12.7 Å². The monoisotopic (exact) mass is 295 g/mol. The quantitative estimate of drug-likeness (QED) is 0.786. The summed E-state index contributed by atoms with van der Waals surface area (Å²) < 4.78 is 23.7. The predicted octanol–water partition coefficient (Wildman–Crippen LogP) is 2.59. The molecule has 1 saturated carbocycles. The van der Waals surface area contributed by atoms with Gasteiger partial charge in [-0.1, -0.05) is 0 Å². The van der Waals surface area contributed by atoms with Gasteiger partial charge in [0.2, 0.25) is 0 Å². The van der Waals surface area contributed by atoms with Gasteiger partial charge < -0.3 is 9.47 Å². The number of ether oxygens (including phenoxy) is 2. The van der Waals surface area contributed by atoms with Crippen molar-refractivity contribution in [1.82, 2.24) is 5.32 Å². The number of rotatable bonds is 7. The zero-order valence-corrected chi connectivity index (χ0v) is 12.7. The van der Waals surface area contributed by atoms with E-state index in [0.717, 1.165) is 12.8 Å². The third kappa shape index (κ3) is 4.17. The van der Waals surface area contributed by atoms with Crippen molar-refractivity contribution in [3.63, 3.8) is 0 Å². The zero-order chi connectivity index (χ0) is 15.5. The minimum absolute atomic E-state index is 0.253. The van der Waals surface area contributed by atoms with E-state index in [-0.39, 0.29) is 11.8 Å². The lowest BCUT2D eigenvalue weighted by Crippen LogP contribution is -2.52. The summed E-state index contributed by atoms with van der Waals surface area (Å²) in [5, 5.41) is 3.31. The molecule has 0 aliphatic heterocycles. The van der Waals surface area contributed by atoms with Gasteiger partial charge in [-0.05, 0) is 50.5 Å². The lowest BCUT2D eigenvalue weighted by Gasteiger charge is -2.28. The van der Waals surface area contributed by atoms with Gasteiger partial charge in [-0.15, -0.1) is 0 Å². The summed E-state index contributed by atoms with van der Waals surface area (Å²) in [6, 6.07) is 5.01. The van der Waals surface area contributed by atoms with Gasteiger partial charge in [0.1, 0.15) is 17.1 Å². The van der Waals surface area contributed by atoms with Gasteiger partial charge in [-0.25, -0.2) is 4.39 Å². The average molecular weight is 295 g/mol. The van der Waals surface area contributed by atoms with Crippen LogP contribution in [0.1, 0.15) is 31.7 Å². The topological polar surface area (TPSA) is 47.6 Å². The maximum Gasteiger partial charge on any atom is 0.325 e. The van der Waals surface area contributed by atoms with Crippen LogP contribution in [0.25, 0.3) is 0 Å². The lowest BCUT2D eigenvalue weighted by atomic mass is 9.98. The molecule has 4 nitrogen and oxygen atoms in total. The highest BCUT2D eigenvalue weighted by molar-refractivity contribution is 5.80. The Morgan fingerprint density at radius 2 is 2.19 bits per heavy atom. The number of halogens is 1. The van der Waals surface area contributed by atoms with E-state index in [9.17, 15) is 9.18 Å². The molecule has 0 saturated heterocycles. The largest absolute Gasteiger partial charge is 0.493 e. The van der Waals surface area contributed by atoms with Crippen LogP contribution >= 0.6 is 0 Å². The van der Waals surface area contributed by atoms with Gasteiger partial charge in [-0.2, -0.15) is 0 Å². The normalized spacial score (nSPS) is 17.1. The van der Waals surface area contributed by atoms with Gasteiger partial charge in [-0.3, -0.25) is 10.1 Å². The van der Waals surface area contributed by atoms with Crippen molar-refractivity contribution in [2.24, 2.45) is 0 Å². The van der Waals surface area contributed by atoms with Gasteiger partial charge in [0, 0.05) is 12.5 Å². The summed E-state index contributed by atoms with van der Waals surface area (Å²) in [6.45, 7) is 3.88. The first-order valence-corrected chi connectivity index (χ1v) is 7.20. The van der Waals surface area contributed by atoms with Crippen LogP contribution in [-0.2, 0) is 9.53 Å². The van der Waals surface area contributed by atoms with Crippen LogP contribution in [0.2, 0.25) is 0 Å². The van der Waals surface area contributed by atoms with Crippen LogP contribution in [0.4, 0.5) is 4.39 Å². The van der Waals surface area contributed by atoms with Crippen molar-refractivity contribution in [3.05, 3.63) is 29.6 Å². The molecule has 5 heteroatoms. The highest BCUT2D eigenvalue weighted by atomic mass is 19.1. The maximum atomic E-state index is 13.2. The van der Waals surface area contributed by atoms with Crippen molar-refractivity contribution in [2.45, 2.75) is 44.7 Å². The van der Waals surface area contributed by atoms with Crippen LogP contribution in [-0.4, -0.2) is 31.3 Å². The SMILES string of the molecule is COC(=O)C(C)(CCOc1ccc(F)c(C)c1)NC1CC1. The summed E-state index contributed by atoms with van der Waals surface area (Å²) in [5.41, 5.74) is -0.204. The first kappa shape index (κ1) is 15.8. The molecule has 0 amide bonds. The minimum atomic E-state index is -0.745. The van der Waals surface area contributed by atoms with Crippen molar-refractivity contribution >= 4 is 5.97 Å². The number of hydrogen-bond acceptors (Lipinski definition) is 4. The molecule has 0 aromatic heterocycles. The molecule has 1 aliphatic rings. The van der Waals surface area contributed by atoms with Crippen molar-refractivity contribution < 1.29 is 18.7 Å². The van der Waals surface area contributed by atoms with Crippen LogP contribution < -0.4 is 10.1 Å². The third-order valence-corrected chi connectivity index (χ3v) is 3.74. The Morgan fingerprint density at radius 1 is 1.48 bits per heavy atom. The highest BCUT2D eigenvalue weighted by Crippen LogP contribution is 2.25. The van der Waals surface area contributed by atoms with E-state index < -0.39 is 5.54 Å². The fraction of sp³-hybridized carbons (Fsp3) is 0.562. The zero-order valence-electron chi connectivity index (χ0n) is 12.7. The summed E-state index contributed by atoms with van der Waals surface area (Å²) in [4.78, 5) is 11.9. The first-order valence-electron chi connectivity index (χ1n) is 7.20. The smallest absolute Gasteiger partial charge is 0.325 e. The van der Waals surface area contributed by atoms with E-state index in [0.29, 0.717) is 30.4 Å². The van der Waals surface area contributed by atoms with Crippen LogP contribution in [0.5, 0.6) is 5.75 Å². The van der Waals surface area contributed by atoms with Gasteiger partial charge in [0.05, 0.1) is 13.7 Å². The van der Waals surface area contributed by atoms with Gasteiger partial charge in [0.15, 0.2) is 0 Å². The predicted molar refractivity (Wildman–Crippen MR) is 77.8 cm³/mol. The summed E-state index contributed by atoms with van der Waals surface area (Å²) >= 11 is 0. The number of esters is 1. The van der Waals surface area contributed by atoms with E-state index in [1.807, 2.05) is 6.92 Å². The Hall–Kier alpha value is -1.62. The molecule has 1 aliphatic carbocycles. The molecular weight excluding hydrogens is 273 g/mol. The van der Waals surface area contributed by atoms with E-state index in [2.05, 4.69) is 5.32 Å². The molecular formula is C16H22FNO3. The molecule has 0 bridgehead atoms. The fourth-order valence-electron chi connectivity index (χ4n) is 2.22. The number of carbonyl (C=O) groups is 1. The number of carbonyl (C=O) groups excluding carboxylic acids is 1. The molecule has 0 radical (unpaired) electrons. The molecule has 21 heavy (non-hydrogen) atoms. The molecule has 0 heterocycles. The van der Waals surface area contributed by atoms with Crippen LogP contribution in [0.3, 0.4) is 0 Å². The van der Waals surface area contributed by atoms with Gasteiger partial charge in [0.25, 0.3) is 0 Å². The third-order valence-electron chi connectivity index (χ3n) is 3.74. The molecule has 1 N–H and O–H groups in total. The lowest BCUT2D eigenvalue weighted by molar-refractivity contribution is -0.148. The summed E-state index contributed by atoms with van der Waals surface area (Å²) in [6.07, 6.45) is 2.67. The molecule has 1 aromatic rings. The Morgan fingerprint density at radius 3 is 2.76 bits per heavy atom. The molecule has 116 valence electrons. The second-order valence-corrected chi connectivity index (χ2v) is 5.75.